The van der Waals surface area contributed by atoms with Crippen LogP contribution in [0.25, 0.3) is 10.9 Å². The number of aromatic nitrogens is 4. The van der Waals surface area contributed by atoms with Gasteiger partial charge in [-0.25, -0.2) is 9.97 Å². The normalized spacial score (nSPS) is 19.8. The van der Waals surface area contributed by atoms with Gasteiger partial charge in [-0.05, 0) is 31.5 Å². The van der Waals surface area contributed by atoms with Crippen LogP contribution in [0.15, 0.2) is 35.3 Å². The number of likely N-dealkylation sites (tertiary alicyclic amines) is 1. The predicted molar refractivity (Wildman–Crippen MR) is 106 cm³/mol. The lowest BCUT2D eigenvalue weighted by atomic mass is 10.1. The molecule has 31 heavy (non-hydrogen) atoms. The van der Waals surface area contributed by atoms with E-state index in [-0.39, 0.29) is 17.3 Å². The van der Waals surface area contributed by atoms with Gasteiger partial charge in [0.05, 0.1) is 29.2 Å². The molecule has 0 amide bonds. The number of rotatable bonds is 4. The first-order valence-electron chi connectivity index (χ1n) is 10.3. The first-order valence-corrected chi connectivity index (χ1v) is 10.3. The second-order valence-corrected chi connectivity index (χ2v) is 7.99. The summed E-state index contributed by atoms with van der Waals surface area (Å²) < 4.78 is 48.4. The van der Waals surface area contributed by atoms with Gasteiger partial charge in [-0.1, -0.05) is 12.1 Å². The third kappa shape index (κ3) is 3.85. The number of nitrogens with zero attached hydrogens (tertiary/aromatic N) is 5. The molecule has 0 radical (unpaired) electrons. The van der Waals surface area contributed by atoms with Crippen molar-refractivity contribution in [1.29, 1.82) is 0 Å². The lowest BCUT2D eigenvalue weighted by molar-refractivity contribution is -0.142. The molecule has 10 heteroatoms. The topological polar surface area (TPSA) is 65.2 Å². The van der Waals surface area contributed by atoms with Crippen molar-refractivity contribution in [1.82, 2.24) is 24.0 Å². The molecule has 2 aliphatic rings. The van der Waals surface area contributed by atoms with E-state index >= 15 is 0 Å². The highest BCUT2D eigenvalue weighted by Gasteiger charge is 2.35. The minimum absolute atomic E-state index is 0.181. The highest BCUT2D eigenvalue weighted by Crippen LogP contribution is 2.33. The average Bonchev–Trinajstić information content (AvgIpc) is 3.37. The van der Waals surface area contributed by atoms with Crippen LogP contribution in [-0.2, 0) is 31.0 Å². The Morgan fingerprint density at radius 2 is 2.03 bits per heavy atom. The Morgan fingerprint density at radius 1 is 1.19 bits per heavy atom. The van der Waals surface area contributed by atoms with Crippen molar-refractivity contribution in [3.63, 3.8) is 0 Å². The zero-order chi connectivity index (χ0) is 21.6. The number of alkyl halides is 3. The Morgan fingerprint density at radius 3 is 2.87 bits per heavy atom. The van der Waals surface area contributed by atoms with E-state index in [0.717, 1.165) is 29.1 Å². The molecule has 0 N–H and O–H groups in total. The van der Waals surface area contributed by atoms with Gasteiger partial charge in [0.25, 0.3) is 5.56 Å². The van der Waals surface area contributed by atoms with Gasteiger partial charge in [0, 0.05) is 19.3 Å². The maximum Gasteiger partial charge on any atom is 0.406 e. The molecule has 0 bridgehead atoms. The van der Waals surface area contributed by atoms with Crippen LogP contribution in [0.5, 0.6) is 0 Å². The van der Waals surface area contributed by atoms with Crippen LogP contribution in [-0.4, -0.2) is 43.3 Å². The zero-order valence-electron chi connectivity index (χ0n) is 16.8. The van der Waals surface area contributed by atoms with Crippen LogP contribution in [0.2, 0.25) is 0 Å². The molecule has 4 heterocycles. The quantitative estimate of drug-likeness (QED) is 0.633. The summed E-state index contributed by atoms with van der Waals surface area (Å²) in [6.07, 6.45) is -1.25. The molecule has 1 aromatic carbocycles. The van der Waals surface area contributed by atoms with Gasteiger partial charge in [-0.3, -0.25) is 14.3 Å². The van der Waals surface area contributed by atoms with Crippen LogP contribution in [0.1, 0.15) is 36.2 Å². The highest BCUT2D eigenvalue weighted by atomic mass is 19.4. The van der Waals surface area contributed by atoms with Crippen molar-refractivity contribution in [2.75, 3.05) is 13.2 Å². The van der Waals surface area contributed by atoms with Gasteiger partial charge in [-0.15, -0.1) is 0 Å². The van der Waals surface area contributed by atoms with E-state index in [2.05, 4.69) is 19.4 Å². The van der Waals surface area contributed by atoms with Crippen molar-refractivity contribution in [3.05, 3.63) is 58.2 Å². The summed E-state index contributed by atoms with van der Waals surface area (Å²) >= 11 is 0. The standard InChI is InChI=1S/C21H22F3N5O2/c22-21(23,24)13-29-19(26-16-5-2-1-4-15(16)20(29)30)17-6-3-7-27(17)11-14-10-25-18-12-31-9-8-28(14)18/h1-2,4-5,10,17H,3,6-9,11-13H2. The molecule has 7 nitrogen and oxygen atoms in total. The lowest BCUT2D eigenvalue weighted by Crippen LogP contribution is -2.36. The number of fused-ring (bicyclic) bond motifs is 2. The maximum atomic E-state index is 13.4. The van der Waals surface area contributed by atoms with Gasteiger partial charge >= 0.3 is 6.18 Å². The molecule has 1 fully saturated rings. The molecular formula is C21H22F3N5O2. The first-order chi connectivity index (χ1) is 14.9. The van der Waals surface area contributed by atoms with E-state index in [1.54, 1.807) is 24.4 Å². The molecule has 1 atom stereocenters. The van der Waals surface area contributed by atoms with Crippen LogP contribution >= 0.6 is 0 Å². The molecule has 0 spiro atoms. The second-order valence-electron chi connectivity index (χ2n) is 7.99. The number of ether oxygens (including phenoxy) is 1. The van der Waals surface area contributed by atoms with Crippen LogP contribution in [0.4, 0.5) is 13.2 Å². The predicted octanol–water partition coefficient (Wildman–Crippen LogP) is 3.02. The van der Waals surface area contributed by atoms with E-state index in [0.29, 0.717) is 38.2 Å². The molecule has 164 valence electrons. The smallest absolute Gasteiger partial charge is 0.372 e. The van der Waals surface area contributed by atoms with E-state index in [4.69, 9.17) is 4.74 Å². The Labute approximate surface area is 176 Å². The summed E-state index contributed by atoms with van der Waals surface area (Å²) in [6.45, 7) is 1.68. The Balaban J connectivity index is 1.55. The minimum atomic E-state index is -4.52. The summed E-state index contributed by atoms with van der Waals surface area (Å²) in [6, 6.07) is 6.20. The molecular weight excluding hydrogens is 411 g/mol. The van der Waals surface area contributed by atoms with Gasteiger partial charge in [0.1, 0.15) is 24.8 Å². The monoisotopic (exact) mass is 433 g/mol. The van der Waals surface area contributed by atoms with Crippen molar-refractivity contribution < 1.29 is 17.9 Å². The van der Waals surface area contributed by atoms with Gasteiger partial charge in [-0.2, -0.15) is 13.2 Å². The number of para-hydroxylation sites is 1. The van der Waals surface area contributed by atoms with Crippen molar-refractivity contribution in [2.24, 2.45) is 0 Å². The SMILES string of the molecule is O=c1c2ccccc2nc(C2CCCN2Cc2cnc3n2CCOC3)n1CC(F)(F)F. The number of benzene rings is 1. The van der Waals surface area contributed by atoms with E-state index in [9.17, 15) is 18.0 Å². The van der Waals surface area contributed by atoms with Gasteiger partial charge < -0.3 is 9.30 Å². The van der Waals surface area contributed by atoms with Crippen LogP contribution in [0, 0.1) is 0 Å². The van der Waals surface area contributed by atoms with E-state index < -0.39 is 18.3 Å². The summed E-state index contributed by atoms with van der Waals surface area (Å²) in [7, 11) is 0. The van der Waals surface area contributed by atoms with E-state index in [1.807, 2.05) is 0 Å². The Bertz CT molecular complexity index is 1170. The highest BCUT2D eigenvalue weighted by molar-refractivity contribution is 5.77. The number of hydrogen-bond donors (Lipinski definition) is 0. The molecule has 5 rings (SSSR count). The third-order valence-corrected chi connectivity index (χ3v) is 5.97. The van der Waals surface area contributed by atoms with E-state index in [1.165, 1.54) is 6.07 Å². The average molecular weight is 433 g/mol. The summed E-state index contributed by atoms with van der Waals surface area (Å²) in [5.74, 6) is 1.04. The lowest BCUT2D eigenvalue weighted by Gasteiger charge is -2.27. The Kier molecular flexibility index (Phi) is 5.05. The fourth-order valence-corrected chi connectivity index (χ4v) is 4.58. The van der Waals surface area contributed by atoms with Crippen molar-refractivity contribution in [3.8, 4) is 0 Å². The fraction of sp³-hybridized carbons (Fsp3) is 0.476. The van der Waals surface area contributed by atoms with Crippen LogP contribution in [0.3, 0.4) is 0 Å². The second kappa shape index (κ2) is 7.76. The fourth-order valence-electron chi connectivity index (χ4n) is 4.58. The minimum Gasteiger partial charge on any atom is -0.372 e. The molecule has 1 unspecified atom stereocenters. The third-order valence-electron chi connectivity index (χ3n) is 5.97. The van der Waals surface area contributed by atoms with Crippen molar-refractivity contribution in [2.45, 2.75) is 51.3 Å². The largest absolute Gasteiger partial charge is 0.406 e. The molecule has 3 aromatic rings. The van der Waals surface area contributed by atoms with Crippen LogP contribution < -0.4 is 5.56 Å². The molecule has 2 aromatic heterocycles. The molecule has 1 saturated heterocycles. The molecule has 2 aliphatic heterocycles. The summed E-state index contributed by atoms with van der Waals surface area (Å²) in [5, 5.41) is 0.199. The van der Waals surface area contributed by atoms with Gasteiger partial charge in [0.15, 0.2) is 0 Å². The molecule has 0 saturated carbocycles. The first kappa shape index (κ1) is 20.2. The summed E-state index contributed by atoms with van der Waals surface area (Å²) in [5.41, 5.74) is 0.769. The summed E-state index contributed by atoms with van der Waals surface area (Å²) in [4.78, 5) is 24.0. The van der Waals surface area contributed by atoms with Gasteiger partial charge in [0.2, 0.25) is 0 Å². The Hall–Kier alpha value is -2.72. The zero-order valence-corrected chi connectivity index (χ0v) is 16.8. The number of hydrogen-bond acceptors (Lipinski definition) is 5. The maximum absolute atomic E-state index is 13.4. The number of imidazole rings is 1. The number of halogens is 3. The van der Waals surface area contributed by atoms with Crippen molar-refractivity contribution >= 4 is 10.9 Å². The molecule has 0 aliphatic carbocycles.